The molecular weight excluding hydrogens is 1640 g/mol. The van der Waals surface area contributed by atoms with E-state index in [0.29, 0.717) is 38.8 Å². The molecule has 0 aliphatic carbocycles. The zero-order chi connectivity index (χ0) is 84.1. The van der Waals surface area contributed by atoms with Crippen molar-refractivity contribution in [2.45, 2.75) is 244 Å². The van der Waals surface area contributed by atoms with Gasteiger partial charge in [-0.2, -0.15) is 0 Å². The summed E-state index contributed by atoms with van der Waals surface area (Å²) in [6.07, 6.45) is 9.97. The summed E-state index contributed by atoms with van der Waals surface area (Å²) in [6.45, 7) is 46.2. The van der Waals surface area contributed by atoms with Crippen LogP contribution in [0.15, 0.2) is 110 Å². The van der Waals surface area contributed by atoms with Gasteiger partial charge in [0, 0.05) is 93.4 Å². The summed E-state index contributed by atoms with van der Waals surface area (Å²) in [7, 11) is -0.285. The number of benzene rings is 3. The van der Waals surface area contributed by atoms with Crippen LogP contribution in [0.4, 0.5) is 0 Å². The molecule has 115 heavy (non-hydrogen) atoms. The fourth-order valence-corrected chi connectivity index (χ4v) is 18.8. The van der Waals surface area contributed by atoms with Crippen LogP contribution in [0.2, 0.25) is 4.34 Å². The summed E-state index contributed by atoms with van der Waals surface area (Å²) in [5.74, 6) is 1.04. The van der Waals surface area contributed by atoms with E-state index < -0.39 is 47.1 Å². The number of hydrogen-bond acceptors (Lipinski definition) is 19. The second kappa shape index (κ2) is 40.1. The molecule has 3 atom stereocenters. The Morgan fingerprint density at radius 3 is 1.21 bits per heavy atom. The fourth-order valence-electron chi connectivity index (χ4n) is 13.8. The Hall–Kier alpha value is -7.10. The number of aromatic nitrogens is 3. The number of ether oxygens (including phenoxy) is 8. The van der Waals surface area contributed by atoms with Crippen LogP contribution in [0.25, 0.3) is 54.3 Å². The third kappa shape index (κ3) is 24.1. The number of nitrogens with zero attached hydrogens (tertiary/aromatic N) is 3. The minimum absolute atomic E-state index is 0.283. The maximum Gasteiger partial charge on any atom is 0.494 e. The molecule has 0 saturated carbocycles. The van der Waals surface area contributed by atoms with Crippen LogP contribution < -0.4 is 40.9 Å². The van der Waals surface area contributed by atoms with Crippen molar-refractivity contribution in [2.75, 3.05) is 42.4 Å². The molecule has 620 valence electrons. The first-order chi connectivity index (χ1) is 54.3. The molecule has 17 nitrogen and oxygen atoms in total. The molecule has 4 aliphatic rings. The van der Waals surface area contributed by atoms with Crippen molar-refractivity contribution in [3.05, 3.63) is 179 Å². The van der Waals surface area contributed by atoms with Gasteiger partial charge in [-0.3, -0.25) is 15.0 Å². The number of thiophene rings is 3. The number of esters is 2. The van der Waals surface area contributed by atoms with Crippen molar-refractivity contribution < 1.29 is 87.9 Å². The first kappa shape index (κ1) is 91.8. The second-order valence-electron chi connectivity index (χ2n) is 32.9. The van der Waals surface area contributed by atoms with Crippen molar-refractivity contribution in [3.63, 3.8) is 0 Å². The largest absolute Gasteiger partial charge is 0.494 e. The number of aryl methyl sites for hydroxylation is 9. The molecule has 10 heterocycles. The molecule has 4 aliphatic heterocycles. The van der Waals surface area contributed by atoms with Gasteiger partial charge in [0.05, 0.1) is 61.0 Å². The molecule has 1 saturated heterocycles. The van der Waals surface area contributed by atoms with Gasteiger partial charge in [-0.25, -0.2) is 14.4 Å². The number of rotatable bonds is 19. The molecule has 13 rings (SSSR count). The Kier molecular flexibility index (Phi) is 32.0. The smallest absolute Gasteiger partial charge is 0.493 e. The fraction of sp³-hybridized carbons (Fsp3) is 0.478. The van der Waals surface area contributed by atoms with E-state index in [1.807, 2.05) is 171 Å². The molecule has 0 bridgehead atoms. The molecule has 9 aromatic rings. The zero-order valence-corrected chi connectivity index (χ0v) is 76.8. The molecule has 0 radical (unpaired) electrons. The minimum Gasteiger partial charge on any atom is -0.493 e. The van der Waals surface area contributed by atoms with Crippen LogP contribution in [0.3, 0.4) is 0 Å². The monoisotopic (exact) mass is 1760 g/mol. The summed E-state index contributed by atoms with van der Waals surface area (Å²) in [5, 5.41) is 10.2. The van der Waals surface area contributed by atoms with E-state index in [0.717, 1.165) is 189 Å². The van der Waals surface area contributed by atoms with Crippen LogP contribution in [-0.2, 0) is 66.6 Å². The topological polar surface area (TPSA) is 202 Å². The predicted octanol–water partition coefficient (Wildman–Crippen LogP) is 19.1. The Balaban J connectivity index is 0.000000176. The Labute approximate surface area is 710 Å². The van der Waals surface area contributed by atoms with E-state index in [9.17, 15) is 19.5 Å². The van der Waals surface area contributed by atoms with Crippen molar-refractivity contribution in [1.82, 2.24) is 15.0 Å². The average Bonchev–Trinajstić information content (AvgIpc) is 1.65. The standard InChI is InChI=1S/C28H33NO4S.C26H29NO4S.C22H27ClO4S.C12H18BNO2.C4H10I/c1-7-31-27(30)25(33-28(4,5)6)23-18(3)34-26(21-12-13-29-17(2)15-21)24(23)20-10-11-22-19(16-20)9-8-14-32-22;1-15-13-19(10-11-27-15)24-22(18-8-9-20-17(14-18)7-6-12-30-20)21(16(2)32-24)23(25(28)29)31-26(3,4)5;1-6-25-21(24)19(27-22(3,4)5)17-13(2)28-20(23)18(17)15-9-10-16-14(12-15)8-7-11-26-16;1-9-8-10(6-7-14-9)13-15-11(2,3)12(4,5)16-13;1-3-4-5-2/h10-13,15-16,25H,7-9,14H2,1-6H3;8-11,13-14,23H,6-7,12H2,1-5H3,(H,28,29);9-10,12,19H,6-8,11H2,1-5H3;6-8H,1-5H3;3-4H2,1-2H3/q;;;;-1. The van der Waals surface area contributed by atoms with E-state index in [1.165, 1.54) is 33.3 Å². The van der Waals surface area contributed by atoms with Crippen LogP contribution in [0.5, 0.6) is 17.2 Å². The van der Waals surface area contributed by atoms with Gasteiger partial charge in [-0.1, -0.05) is 29.8 Å². The molecule has 0 spiro atoms. The number of pyridine rings is 3. The number of halogens is 2. The third-order valence-corrected chi connectivity index (χ3v) is 25.3. The molecule has 1 fully saturated rings. The maximum absolute atomic E-state index is 13.2. The summed E-state index contributed by atoms with van der Waals surface area (Å²) < 4.78 is 60.9. The van der Waals surface area contributed by atoms with Crippen molar-refractivity contribution >= 4 is 76.1 Å². The molecule has 6 aromatic heterocycles. The quantitative estimate of drug-likeness (QED) is 0.0346. The van der Waals surface area contributed by atoms with E-state index in [1.54, 1.807) is 42.0 Å². The van der Waals surface area contributed by atoms with Gasteiger partial charge in [0.15, 0.2) is 18.3 Å². The number of carboxylic acids is 1. The number of carboxylic acid groups (broad SMARTS) is 1. The van der Waals surface area contributed by atoms with Gasteiger partial charge in [0.2, 0.25) is 0 Å². The van der Waals surface area contributed by atoms with E-state index in [-0.39, 0.29) is 24.3 Å². The number of hydrogen-bond donors (Lipinski definition) is 1. The first-order valence-electron chi connectivity index (χ1n) is 39.8. The number of aliphatic carboxylic acids is 1. The molecule has 3 aromatic carbocycles. The van der Waals surface area contributed by atoms with E-state index in [4.69, 9.17) is 58.8 Å². The van der Waals surface area contributed by atoms with Gasteiger partial charge in [-0.15, -0.1) is 34.0 Å². The molecule has 1 N–H and O–H groups in total. The van der Waals surface area contributed by atoms with Crippen molar-refractivity contribution in [2.24, 2.45) is 0 Å². The second-order valence-corrected chi connectivity index (χ2v) is 39.8. The van der Waals surface area contributed by atoms with Gasteiger partial charge in [0.1, 0.15) is 21.6 Å². The van der Waals surface area contributed by atoms with Crippen molar-refractivity contribution in [1.29, 1.82) is 0 Å². The van der Waals surface area contributed by atoms with Crippen LogP contribution in [0, 0.1) is 41.5 Å². The van der Waals surface area contributed by atoms with Crippen LogP contribution >= 0.6 is 45.6 Å². The average molecular weight is 1760 g/mol. The van der Waals surface area contributed by atoms with Gasteiger partial charge < -0.3 is 52.3 Å². The normalized spacial score (nSPS) is 15.4. The maximum atomic E-state index is 13.2. The Morgan fingerprint density at radius 2 is 0.861 bits per heavy atom. The SMILES string of the molecule is CCC[I-]C.CCOC(=O)C(OC(C)(C)C)c1c(C)sc(-c2ccnc(C)c2)c1-c1ccc2c(c1)CCCO2.CCOC(=O)C(OC(C)(C)C)c1c(C)sc(Cl)c1-c1ccc2c(c1)CCCO2.Cc1cc(-c2sc(C)c(C(OC(C)(C)C)C(=O)O)c2-c2ccc3c(c2)CCCO3)ccn1.Cc1cc(B2OC(C)(C)C(C)(C)O2)ccn1. The summed E-state index contributed by atoms with van der Waals surface area (Å²) in [6, 6.07) is 30.7. The molecule has 0 amide bonds. The van der Waals surface area contributed by atoms with Crippen LogP contribution in [0.1, 0.15) is 220 Å². The Bertz CT molecular complexity index is 4820. The van der Waals surface area contributed by atoms with Gasteiger partial charge in [-0.05, 0) is 307 Å². The first-order valence-corrected chi connectivity index (χ1v) is 46.3. The minimum atomic E-state index is -1.06. The van der Waals surface area contributed by atoms with E-state index in [2.05, 4.69) is 91.8 Å². The van der Waals surface area contributed by atoms with Crippen LogP contribution in [-0.4, -0.2) is 115 Å². The molecule has 23 heteroatoms. The summed E-state index contributed by atoms with van der Waals surface area (Å²) in [5.41, 5.74) is 15.5. The third-order valence-electron chi connectivity index (χ3n) is 19.5. The predicted molar refractivity (Wildman–Crippen MR) is 463 cm³/mol. The van der Waals surface area contributed by atoms with Crippen molar-refractivity contribution in [3.8, 4) is 71.5 Å². The zero-order valence-electron chi connectivity index (χ0n) is 71.5. The molecule has 3 unspecified atom stereocenters. The van der Waals surface area contributed by atoms with Gasteiger partial charge >= 0.3 is 68.9 Å². The molecular formula is C92H117BClIN3O14S3-. The number of carbonyl (C=O) groups excluding carboxylic acids is 2. The number of alkyl halides is 2. The van der Waals surface area contributed by atoms with E-state index >= 15 is 0 Å². The summed E-state index contributed by atoms with van der Waals surface area (Å²) >= 11 is 12.0. The van der Waals surface area contributed by atoms with Gasteiger partial charge in [0.25, 0.3) is 0 Å². The summed E-state index contributed by atoms with van der Waals surface area (Å²) in [4.78, 5) is 58.7. The number of fused-ring (bicyclic) bond motifs is 3. The number of carbonyl (C=O) groups is 3. The Morgan fingerprint density at radius 1 is 0.504 bits per heavy atom.